The molecular formula is C20H27NO6. The average Bonchev–Trinajstić information content (AvgIpc) is 2.52. The van der Waals surface area contributed by atoms with Gasteiger partial charge in [0.05, 0.1) is 20.0 Å². The lowest BCUT2D eigenvalue weighted by molar-refractivity contribution is -0.141. The second-order valence-electron chi connectivity index (χ2n) is 7.33. The summed E-state index contributed by atoms with van der Waals surface area (Å²) in [6.45, 7) is 6.61. The molecule has 0 aliphatic heterocycles. The molecule has 1 unspecified atom stereocenters. The second kappa shape index (κ2) is 9.85. The van der Waals surface area contributed by atoms with Crippen molar-refractivity contribution in [2.45, 2.75) is 58.6 Å². The molecule has 0 aliphatic rings. The molecular weight excluding hydrogens is 350 g/mol. The van der Waals surface area contributed by atoms with E-state index in [1.807, 2.05) is 0 Å². The summed E-state index contributed by atoms with van der Waals surface area (Å²) in [4.78, 5) is 46.6. The number of hydrogen-bond donors (Lipinski definition) is 1. The monoisotopic (exact) mass is 377 g/mol. The second-order valence-corrected chi connectivity index (χ2v) is 7.33. The lowest BCUT2D eigenvalue weighted by atomic mass is 10.00. The molecule has 0 radical (unpaired) electrons. The van der Waals surface area contributed by atoms with Gasteiger partial charge in [-0.1, -0.05) is 24.3 Å². The molecule has 0 aliphatic carbocycles. The number of methoxy groups -OCH3 is 1. The van der Waals surface area contributed by atoms with Crippen molar-refractivity contribution in [2.24, 2.45) is 0 Å². The molecule has 148 valence electrons. The Bertz CT molecular complexity index is 687. The summed E-state index contributed by atoms with van der Waals surface area (Å²) in [7, 11) is 1.28. The number of alkyl carbamates (subject to hydrolysis) is 1. The number of nitrogens with one attached hydrogen (secondary N) is 1. The van der Waals surface area contributed by atoms with Gasteiger partial charge in [-0.2, -0.15) is 0 Å². The van der Waals surface area contributed by atoms with Crippen molar-refractivity contribution in [3.63, 3.8) is 0 Å². The minimum absolute atomic E-state index is 0.0131. The van der Waals surface area contributed by atoms with E-state index in [9.17, 15) is 19.2 Å². The average molecular weight is 377 g/mol. The van der Waals surface area contributed by atoms with E-state index < -0.39 is 23.7 Å². The molecule has 0 spiro atoms. The van der Waals surface area contributed by atoms with Crippen LogP contribution in [-0.4, -0.2) is 42.4 Å². The van der Waals surface area contributed by atoms with E-state index in [0.717, 1.165) is 5.56 Å². The zero-order valence-electron chi connectivity index (χ0n) is 16.5. The van der Waals surface area contributed by atoms with Gasteiger partial charge in [0.15, 0.2) is 5.78 Å². The van der Waals surface area contributed by atoms with Crippen LogP contribution in [0.15, 0.2) is 24.3 Å². The molecule has 1 N–H and O–H groups in total. The van der Waals surface area contributed by atoms with Crippen LogP contribution in [0.5, 0.6) is 0 Å². The highest BCUT2D eigenvalue weighted by atomic mass is 16.6. The summed E-state index contributed by atoms with van der Waals surface area (Å²) in [6, 6.07) is 6.20. The minimum Gasteiger partial charge on any atom is -0.469 e. The Balaban J connectivity index is 2.82. The molecule has 1 atom stereocenters. The highest BCUT2D eigenvalue weighted by molar-refractivity contribution is 6.07. The Morgan fingerprint density at radius 1 is 1.07 bits per heavy atom. The van der Waals surface area contributed by atoms with Gasteiger partial charge in [-0.3, -0.25) is 14.4 Å². The Labute approximate surface area is 159 Å². The normalized spacial score (nSPS) is 12.0. The van der Waals surface area contributed by atoms with Crippen molar-refractivity contribution >= 4 is 23.6 Å². The van der Waals surface area contributed by atoms with E-state index in [-0.39, 0.29) is 24.4 Å². The maximum Gasteiger partial charge on any atom is 0.407 e. The number of ether oxygens (including phenoxy) is 2. The number of amides is 1. The fourth-order valence-corrected chi connectivity index (χ4v) is 2.37. The van der Waals surface area contributed by atoms with Gasteiger partial charge in [0, 0.05) is 11.6 Å². The maximum atomic E-state index is 12.0. The standard InChI is InChI=1S/C20H27NO6/c1-13(22)10-17(23)15-8-6-14(7-9-15)11-16(12-18(24)26-5)21-19(25)27-20(2,3)4/h6-9,16H,10-12H2,1-5H3,(H,21,25). The van der Waals surface area contributed by atoms with Crippen molar-refractivity contribution in [3.05, 3.63) is 35.4 Å². The zero-order chi connectivity index (χ0) is 20.6. The van der Waals surface area contributed by atoms with Crippen LogP contribution in [-0.2, 0) is 25.5 Å². The summed E-state index contributed by atoms with van der Waals surface area (Å²) < 4.78 is 9.91. The molecule has 7 nitrogen and oxygen atoms in total. The molecule has 0 bridgehead atoms. The zero-order valence-corrected chi connectivity index (χ0v) is 16.5. The first-order valence-electron chi connectivity index (χ1n) is 8.68. The fraction of sp³-hybridized carbons (Fsp3) is 0.500. The van der Waals surface area contributed by atoms with Crippen LogP contribution in [0.2, 0.25) is 0 Å². The predicted molar refractivity (Wildman–Crippen MR) is 99.6 cm³/mol. The first kappa shape index (κ1) is 22.3. The molecule has 1 aromatic rings. The van der Waals surface area contributed by atoms with E-state index in [2.05, 4.69) is 10.1 Å². The van der Waals surface area contributed by atoms with Gasteiger partial charge in [-0.05, 0) is 39.7 Å². The summed E-state index contributed by atoms with van der Waals surface area (Å²) in [5.41, 5.74) is 0.608. The Morgan fingerprint density at radius 2 is 1.67 bits per heavy atom. The van der Waals surface area contributed by atoms with Crippen LogP contribution in [0.1, 0.15) is 56.5 Å². The summed E-state index contributed by atoms with van der Waals surface area (Å²) in [5, 5.41) is 2.68. The largest absolute Gasteiger partial charge is 0.469 e. The fourth-order valence-electron chi connectivity index (χ4n) is 2.37. The molecule has 0 heterocycles. The Kier molecular flexibility index (Phi) is 8.15. The van der Waals surface area contributed by atoms with Crippen LogP contribution in [0, 0.1) is 0 Å². The van der Waals surface area contributed by atoms with Gasteiger partial charge in [0.25, 0.3) is 0 Å². The number of hydrogen-bond acceptors (Lipinski definition) is 6. The van der Waals surface area contributed by atoms with E-state index in [1.165, 1.54) is 14.0 Å². The number of rotatable bonds is 8. The Morgan fingerprint density at radius 3 is 2.15 bits per heavy atom. The summed E-state index contributed by atoms with van der Waals surface area (Å²) in [6.07, 6.45) is -0.412. The first-order chi connectivity index (χ1) is 12.5. The summed E-state index contributed by atoms with van der Waals surface area (Å²) >= 11 is 0. The Hall–Kier alpha value is -2.70. The molecule has 0 saturated carbocycles. The first-order valence-corrected chi connectivity index (χ1v) is 8.68. The molecule has 7 heteroatoms. The van der Waals surface area contributed by atoms with E-state index in [0.29, 0.717) is 12.0 Å². The van der Waals surface area contributed by atoms with Gasteiger partial charge < -0.3 is 14.8 Å². The number of benzene rings is 1. The number of esters is 1. The van der Waals surface area contributed by atoms with Gasteiger partial charge in [0.1, 0.15) is 11.4 Å². The van der Waals surface area contributed by atoms with Crippen LogP contribution >= 0.6 is 0 Å². The van der Waals surface area contributed by atoms with Crippen molar-refractivity contribution in [1.29, 1.82) is 0 Å². The third-order valence-electron chi connectivity index (χ3n) is 3.53. The molecule has 0 fully saturated rings. The molecule has 0 saturated heterocycles. The van der Waals surface area contributed by atoms with Gasteiger partial charge >= 0.3 is 12.1 Å². The summed E-state index contributed by atoms with van der Waals surface area (Å²) in [5.74, 6) is -0.889. The third-order valence-corrected chi connectivity index (χ3v) is 3.53. The molecule has 27 heavy (non-hydrogen) atoms. The maximum absolute atomic E-state index is 12.0. The topological polar surface area (TPSA) is 98.8 Å². The van der Waals surface area contributed by atoms with Crippen molar-refractivity contribution in [3.8, 4) is 0 Å². The van der Waals surface area contributed by atoms with Crippen LogP contribution in [0.3, 0.4) is 0 Å². The lowest BCUT2D eigenvalue weighted by Crippen LogP contribution is -2.41. The van der Waals surface area contributed by atoms with Crippen LogP contribution in [0.4, 0.5) is 4.79 Å². The van der Waals surface area contributed by atoms with Crippen molar-refractivity contribution < 1.29 is 28.7 Å². The number of carbonyl (C=O) groups is 4. The van der Waals surface area contributed by atoms with E-state index >= 15 is 0 Å². The van der Waals surface area contributed by atoms with Crippen molar-refractivity contribution in [2.75, 3.05) is 7.11 Å². The van der Waals surface area contributed by atoms with E-state index in [4.69, 9.17) is 4.74 Å². The molecule has 1 aromatic carbocycles. The highest BCUT2D eigenvalue weighted by Crippen LogP contribution is 2.13. The van der Waals surface area contributed by atoms with Crippen LogP contribution in [0.25, 0.3) is 0 Å². The molecule has 1 rings (SSSR count). The van der Waals surface area contributed by atoms with Crippen LogP contribution < -0.4 is 5.32 Å². The van der Waals surface area contributed by atoms with Gasteiger partial charge in [-0.15, -0.1) is 0 Å². The predicted octanol–water partition coefficient (Wildman–Crippen LogP) is 2.85. The minimum atomic E-state index is -0.654. The molecule has 0 aromatic heterocycles. The quantitative estimate of drug-likeness (QED) is 0.425. The third kappa shape index (κ3) is 8.99. The van der Waals surface area contributed by atoms with Gasteiger partial charge in [0.2, 0.25) is 0 Å². The lowest BCUT2D eigenvalue weighted by Gasteiger charge is -2.23. The smallest absolute Gasteiger partial charge is 0.407 e. The highest BCUT2D eigenvalue weighted by Gasteiger charge is 2.22. The number of carbonyl (C=O) groups excluding carboxylic acids is 4. The number of Topliss-reactive ketones (excluding diaryl/α,β-unsaturated/α-hetero) is 2. The number of ketones is 2. The van der Waals surface area contributed by atoms with Crippen molar-refractivity contribution in [1.82, 2.24) is 5.32 Å². The molecule has 1 amide bonds. The van der Waals surface area contributed by atoms with Gasteiger partial charge in [-0.25, -0.2) is 4.79 Å². The SMILES string of the molecule is COC(=O)CC(Cc1ccc(C(=O)CC(C)=O)cc1)NC(=O)OC(C)(C)C. The van der Waals surface area contributed by atoms with E-state index in [1.54, 1.807) is 45.0 Å².